The molecule has 2 aromatic carbocycles. The molecule has 1 saturated heterocycles. The van der Waals surface area contributed by atoms with Crippen molar-refractivity contribution >= 4 is 27.6 Å². The third-order valence-electron chi connectivity index (χ3n) is 4.88. The third-order valence-corrected chi connectivity index (χ3v) is 5.37. The molecule has 0 radical (unpaired) electrons. The second kappa shape index (κ2) is 8.80. The highest BCUT2D eigenvalue weighted by atomic mass is 79.9. The van der Waals surface area contributed by atoms with Crippen molar-refractivity contribution in [2.24, 2.45) is 0 Å². The second-order valence-corrected chi connectivity index (χ2v) is 7.65. The van der Waals surface area contributed by atoms with Gasteiger partial charge in [-0.25, -0.2) is 8.78 Å². The van der Waals surface area contributed by atoms with Gasteiger partial charge in [0.2, 0.25) is 0 Å². The summed E-state index contributed by atoms with van der Waals surface area (Å²) in [6, 6.07) is 11.3. The molecule has 0 unspecified atom stereocenters. The summed E-state index contributed by atoms with van der Waals surface area (Å²) < 4.78 is 28.3. The number of carboxylic acids is 1. The Kier molecular flexibility index (Phi) is 6.44. The highest BCUT2D eigenvalue weighted by molar-refractivity contribution is 9.10. The van der Waals surface area contributed by atoms with Crippen LogP contribution >= 0.6 is 15.9 Å². The van der Waals surface area contributed by atoms with E-state index in [-0.39, 0.29) is 30.8 Å². The van der Waals surface area contributed by atoms with Crippen molar-refractivity contribution in [3.05, 3.63) is 64.1 Å². The molecule has 27 heavy (non-hydrogen) atoms. The molecule has 1 heterocycles. The van der Waals surface area contributed by atoms with E-state index in [1.165, 1.54) is 18.2 Å². The van der Waals surface area contributed by atoms with Crippen molar-refractivity contribution < 1.29 is 18.7 Å². The lowest BCUT2D eigenvalue weighted by Crippen LogP contribution is -2.46. The first-order valence-corrected chi connectivity index (χ1v) is 9.62. The van der Waals surface area contributed by atoms with E-state index in [4.69, 9.17) is 0 Å². The van der Waals surface area contributed by atoms with Gasteiger partial charge < -0.3 is 10.0 Å². The maximum Gasteiger partial charge on any atom is 0.317 e. The fourth-order valence-electron chi connectivity index (χ4n) is 3.52. The number of nitrogens with zero attached hydrogens (tertiary/aromatic N) is 2. The first-order chi connectivity index (χ1) is 12.9. The van der Waals surface area contributed by atoms with Crippen molar-refractivity contribution in [2.45, 2.75) is 25.4 Å². The average molecular weight is 439 g/mol. The van der Waals surface area contributed by atoms with Gasteiger partial charge in [0.15, 0.2) is 0 Å². The molecular formula is C20H21BrF2N2O2. The number of piperidine rings is 1. The maximum atomic E-state index is 14.2. The first-order valence-electron chi connectivity index (χ1n) is 8.82. The monoisotopic (exact) mass is 438 g/mol. The predicted molar refractivity (Wildman–Crippen MR) is 104 cm³/mol. The zero-order valence-electron chi connectivity index (χ0n) is 14.7. The Morgan fingerprint density at radius 1 is 1.19 bits per heavy atom. The van der Waals surface area contributed by atoms with Crippen LogP contribution in [0.3, 0.4) is 0 Å². The summed E-state index contributed by atoms with van der Waals surface area (Å²) in [5, 5.41) is 9.27. The van der Waals surface area contributed by atoms with Crippen molar-refractivity contribution in [1.29, 1.82) is 0 Å². The minimum absolute atomic E-state index is 0.0361. The zero-order valence-corrected chi connectivity index (χ0v) is 16.3. The van der Waals surface area contributed by atoms with Crippen LogP contribution in [-0.4, -0.2) is 41.7 Å². The van der Waals surface area contributed by atoms with Gasteiger partial charge in [0.25, 0.3) is 0 Å². The van der Waals surface area contributed by atoms with Crippen molar-refractivity contribution in [3.63, 3.8) is 0 Å². The number of benzene rings is 2. The molecule has 0 amide bonds. The maximum absolute atomic E-state index is 14.2. The highest BCUT2D eigenvalue weighted by Gasteiger charge is 2.27. The normalized spacial score (nSPS) is 15.3. The van der Waals surface area contributed by atoms with Gasteiger partial charge >= 0.3 is 5.97 Å². The summed E-state index contributed by atoms with van der Waals surface area (Å²) in [5.74, 6) is -1.55. The number of hydrogen-bond donors (Lipinski definition) is 1. The minimum Gasteiger partial charge on any atom is -0.480 e. The van der Waals surface area contributed by atoms with Crippen LogP contribution in [0.1, 0.15) is 18.4 Å². The van der Waals surface area contributed by atoms with Crippen LogP contribution in [-0.2, 0) is 11.3 Å². The number of carbonyl (C=O) groups is 1. The number of aliphatic carboxylic acids is 1. The van der Waals surface area contributed by atoms with Crippen LogP contribution in [0.4, 0.5) is 14.5 Å². The molecule has 1 aliphatic rings. The lowest BCUT2D eigenvalue weighted by Gasteiger charge is -2.39. The van der Waals surface area contributed by atoms with Crippen LogP contribution in [0.25, 0.3) is 0 Å². The van der Waals surface area contributed by atoms with Crippen LogP contribution in [0.5, 0.6) is 0 Å². The molecule has 0 spiro atoms. The van der Waals surface area contributed by atoms with Gasteiger partial charge in [0.1, 0.15) is 11.6 Å². The molecule has 4 nitrogen and oxygen atoms in total. The average Bonchev–Trinajstić information content (AvgIpc) is 2.63. The Hall–Kier alpha value is -1.99. The van der Waals surface area contributed by atoms with Crippen LogP contribution in [0, 0.1) is 11.6 Å². The van der Waals surface area contributed by atoms with Gasteiger partial charge in [-0.1, -0.05) is 28.1 Å². The molecule has 0 bridgehead atoms. The summed E-state index contributed by atoms with van der Waals surface area (Å²) in [4.78, 5) is 15.2. The molecule has 0 aliphatic carbocycles. The molecule has 2 aromatic rings. The predicted octanol–water partition coefficient (Wildman–Crippen LogP) is 4.28. The molecule has 1 aliphatic heterocycles. The van der Waals surface area contributed by atoms with E-state index >= 15 is 0 Å². The molecule has 1 N–H and O–H groups in total. The van der Waals surface area contributed by atoms with Crippen molar-refractivity contribution in [3.8, 4) is 0 Å². The van der Waals surface area contributed by atoms with E-state index in [2.05, 4.69) is 20.8 Å². The lowest BCUT2D eigenvalue weighted by molar-refractivity contribution is -0.139. The number of halogens is 3. The van der Waals surface area contributed by atoms with Crippen LogP contribution < -0.4 is 4.90 Å². The number of hydrogen-bond acceptors (Lipinski definition) is 3. The van der Waals surface area contributed by atoms with Crippen LogP contribution in [0.2, 0.25) is 0 Å². The SMILES string of the molecule is O=C(O)CN(Cc1ccc(Br)cc1F)C1CCN(c2cccc(F)c2)CC1. The Morgan fingerprint density at radius 3 is 2.56 bits per heavy atom. The zero-order chi connectivity index (χ0) is 19.4. The summed E-state index contributed by atoms with van der Waals surface area (Å²) in [6.07, 6.45) is 1.48. The Balaban J connectivity index is 1.68. The highest BCUT2D eigenvalue weighted by Crippen LogP contribution is 2.25. The number of anilines is 1. The molecule has 0 saturated carbocycles. The standard InChI is InChI=1S/C20H21BrF2N2O2/c21-15-5-4-14(19(23)10-15)12-25(13-20(26)27)17-6-8-24(9-7-17)18-3-1-2-16(22)11-18/h1-5,10-11,17H,6-9,12-13H2,(H,26,27). The number of rotatable bonds is 6. The van der Waals surface area contributed by atoms with E-state index in [0.717, 1.165) is 18.5 Å². The van der Waals surface area contributed by atoms with E-state index in [9.17, 15) is 18.7 Å². The lowest BCUT2D eigenvalue weighted by atomic mass is 10.0. The van der Waals surface area contributed by atoms with Gasteiger partial charge in [0.05, 0.1) is 6.54 Å². The number of carboxylic acid groups (broad SMARTS) is 1. The van der Waals surface area contributed by atoms with Crippen LogP contribution in [0.15, 0.2) is 46.9 Å². The smallest absolute Gasteiger partial charge is 0.317 e. The molecular weight excluding hydrogens is 418 g/mol. The molecule has 3 rings (SSSR count). The van der Waals surface area contributed by atoms with Gasteiger partial charge in [-0.15, -0.1) is 0 Å². The van der Waals surface area contributed by atoms with Crippen molar-refractivity contribution in [1.82, 2.24) is 4.90 Å². The van der Waals surface area contributed by atoms with Gasteiger partial charge in [0, 0.05) is 41.4 Å². The Bertz CT molecular complexity index is 810. The van der Waals surface area contributed by atoms with E-state index < -0.39 is 5.97 Å². The van der Waals surface area contributed by atoms with Gasteiger partial charge in [-0.2, -0.15) is 0 Å². The Labute approximate surface area is 165 Å². The summed E-state index contributed by atoms with van der Waals surface area (Å²) in [5.41, 5.74) is 1.31. The fourth-order valence-corrected chi connectivity index (χ4v) is 3.85. The minimum atomic E-state index is -0.930. The Morgan fingerprint density at radius 2 is 1.93 bits per heavy atom. The molecule has 144 valence electrons. The molecule has 0 aromatic heterocycles. The fraction of sp³-hybridized carbons (Fsp3) is 0.350. The topological polar surface area (TPSA) is 43.8 Å². The van der Waals surface area contributed by atoms with Crippen molar-refractivity contribution in [2.75, 3.05) is 24.5 Å². The summed E-state index contributed by atoms with van der Waals surface area (Å²) in [7, 11) is 0. The summed E-state index contributed by atoms with van der Waals surface area (Å²) in [6.45, 7) is 1.51. The third kappa shape index (κ3) is 5.26. The van der Waals surface area contributed by atoms with E-state index in [1.807, 2.05) is 11.0 Å². The largest absolute Gasteiger partial charge is 0.480 e. The molecule has 0 atom stereocenters. The van der Waals surface area contributed by atoms with E-state index in [0.29, 0.717) is 23.1 Å². The second-order valence-electron chi connectivity index (χ2n) is 6.73. The summed E-state index contributed by atoms with van der Waals surface area (Å²) >= 11 is 3.23. The molecule has 7 heteroatoms. The van der Waals surface area contributed by atoms with Gasteiger partial charge in [-0.05, 0) is 43.2 Å². The first kappa shape index (κ1) is 19.8. The van der Waals surface area contributed by atoms with E-state index in [1.54, 1.807) is 18.2 Å². The van der Waals surface area contributed by atoms with Gasteiger partial charge in [-0.3, -0.25) is 9.69 Å². The quantitative estimate of drug-likeness (QED) is 0.730. The molecule has 1 fully saturated rings.